The third-order valence-electron chi connectivity index (χ3n) is 3.53. The summed E-state index contributed by atoms with van der Waals surface area (Å²) in [5.74, 6) is -0.185. The molecule has 2 unspecified atom stereocenters. The molecule has 5 heteroatoms. The van der Waals surface area contributed by atoms with Crippen LogP contribution in [0.4, 0.5) is 11.4 Å². The highest BCUT2D eigenvalue weighted by Crippen LogP contribution is 2.25. The molecule has 1 fully saturated rings. The largest absolute Gasteiger partial charge is 0.399 e. The first-order valence-corrected chi connectivity index (χ1v) is 7.91. The maximum atomic E-state index is 12.3. The topological polar surface area (TPSA) is 72.2 Å². The van der Waals surface area contributed by atoms with E-state index in [1.807, 2.05) is 0 Å². The number of carbonyl (C=O) groups excluding carboxylic acids is 1. The molecule has 0 radical (unpaired) electrons. The molecule has 2 rings (SSSR count). The number of amides is 1. The van der Waals surface area contributed by atoms with Gasteiger partial charge in [0, 0.05) is 27.4 Å². The van der Waals surface area contributed by atoms with E-state index in [1.54, 1.807) is 31.2 Å². The quantitative estimate of drug-likeness (QED) is 0.831. The molecule has 2 atom stereocenters. The van der Waals surface area contributed by atoms with Gasteiger partial charge in [0.25, 0.3) is 0 Å². The van der Waals surface area contributed by atoms with Crippen LogP contribution in [0.1, 0.15) is 32.6 Å². The van der Waals surface area contributed by atoms with E-state index in [-0.39, 0.29) is 11.2 Å². The summed E-state index contributed by atoms with van der Waals surface area (Å²) < 4.78 is 12.3. The highest BCUT2D eigenvalue weighted by molar-refractivity contribution is 7.87. The molecule has 1 amide bonds. The van der Waals surface area contributed by atoms with Crippen LogP contribution in [0.3, 0.4) is 0 Å². The van der Waals surface area contributed by atoms with Gasteiger partial charge in [0.15, 0.2) is 0 Å². The molecule has 3 N–H and O–H groups in total. The standard InChI is InChI=1S/C14H20N2O2S/c1-10(19(18)13-4-2-3-5-13)14(17)16-12-8-6-11(15)7-9-12/h6-10,13H,2-5,15H2,1H3,(H,16,17). The van der Waals surface area contributed by atoms with Crippen LogP contribution < -0.4 is 11.1 Å². The molecule has 0 aromatic heterocycles. The van der Waals surface area contributed by atoms with E-state index in [9.17, 15) is 9.00 Å². The van der Waals surface area contributed by atoms with Gasteiger partial charge >= 0.3 is 0 Å². The van der Waals surface area contributed by atoms with Crippen LogP contribution >= 0.6 is 0 Å². The summed E-state index contributed by atoms with van der Waals surface area (Å²) in [6, 6.07) is 6.96. The Morgan fingerprint density at radius 3 is 2.47 bits per heavy atom. The summed E-state index contributed by atoms with van der Waals surface area (Å²) in [5, 5.41) is 2.50. The van der Waals surface area contributed by atoms with Gasteiger partial charge < -0.3 is 11.1 Å². The van der Waals surface area contributed by atoms with Gasteiger partial charge in [0.05, 0.1) is 0 Å². The van der Waals surface area contributed by atoms with Crippen molar-refractivity contribution in [3.8, 4) is 0 Å². The van der Waals surface area contributed by atoms with E-state index in [0.29, 0.717) is 11.4 Å². The van der Waals surface area contributed by atoms with E-state index >= 15 is 0 Å². The minimum Gasteiger partial charge on any atom is -0.399 e. The number of nitrogen functional groups attached to an aromatic ring is 1. The summed E-state index contributed by atoms with van der Waals surface area (Å²) in [6.07, 6.45) is 4.21. The Labute approximate surface area is 116 Å². The number of hydrogen-bond acceptors (Lipinski definition) is 3. The van der Waals surface area contributed by atoms with Crippen molar-refractivity contribution in [1.82, 2.24) is 0 Å². The third kappa shape index (κ3) is 3.56. The molecule has 0 bridgehead atoms. The zero-order chi connectivity index (χ0) is 13.8. The van der Waals surface area contributed by atoms with E-state index in [0.717, 1.165) is 25.7 Å². The highest BCUT2D eigenvalue weighted by Gasteiger charge is 2.29. The highest BCUT2D eigenvalue weighted by atomic mass is 32.2. The summed E-state index contributed by atoms with van der Waals surface area (Å²) >= 11 is 0. The predicted octanol–water partition coefficient (Wildman–Crippen LogP) is 2.29. The first-order valence-electron chi connectivity index (χ1n) is 6.63. The van der Waals surface area contributed by atoms with Crippen molar-refractivity contribution in [2.24, 2.45) is 0 Å². The van der Waals surface area contributed by atoms with Crippen molar-refractivity contribution in [2.45, 2.75) is 43.1 Å². The molecule has 1 aromatic rings. The van der Waals surface area contributed by atoms with Gasteiger partial charge in [-0.1, -0.05) is 12.8 Å². The second-order valence-corrected chi connectivity index (χ2v) is 7.02. The maximum absolute atomic E-state index is 12.3. The number of nitrogens with one attached hydrogen (secondary N) is 1. The van der Waals surface area contributed by atoms with Gasteiger partial charge in [0.2, 0.25) is 5.91 Å². The lowest BCUT2D eigenvalue weighted by molar-refractivity contribution is -0.115. The average Bonchev–Trinajstić information content (AvgIpc) is 2.93. The lowest BCUT2D eigenvalue weighted by Crippen LogP contribution is -2.33. The minimum absolute atomic E-state index is 0.185. The molecule has 1 aliphatic carbocycles. The van der Waals surface area contributed by atoms with Gasteiger partial charge in [-0.25, -0.2) is 0 Å². The summed E-state index contributed by atoms with van der Waals surface area (Å²) in [5.41, 5.74) is 6.93. The molecule has 1 aromatic carbocycles. The van der Waals surface area contributed by atoms with Crippen molar-refractivity contribution in [3.63, 3.8) is 0 Å². The Morgan fingerprint density at radius 1 is 1.32 bits per heavy atom. The molecule has 4 nitrogen and oxygen atoms in total. The summed E-state index contributed by atoms with van der Waals surface area (Å²) in [7, 11) is -1.08. The number of carbonyl (C=O) groups is 1. The Morgan fingerprint density at radius 2 is 1.89 bits per heavy atom. The Balaban J connectivity index is 1.95. The fourth-order valence-corrected chi connectivity index (χ4v) is 3.97. The van der Waals surface area contributed by atoms with Crippen molar-refractivity contribution in [2.75, 3.05) is 11.1 Å². The Hall–Kier alpha value is -1.36. The molecule has 19 heavy (non-hydrogen) atoms. The van der Waals surface area contributed by atoms with Gasteiger partial charge in [-0.3, -0.25) is 9.00 Å². The van der Waals surface area contributed by atoms with Gasteiger partial charge in [-0.2, -0.15) is 0 Å². The second kappa shape index (κ2) is 6.19. The SMILES string of the molecule is CC(C(=O)Nc1ccc(N)cc1)S(=O)C1CCCC1. The number of benzene rings is 1. The minimum atomic E-state index is -1.08. The van der Waals surface area contributed by atoms with Crippen LogP contribution in [0.15, 0.2) is 24.3 Å². The Kier molecular flexibility index (Phi) is 4.58. The molecule has 0 aliphatic heterocycles. The number of nitrogens with two attached hydrogens (primary N) is 1. The smallest absolute Gasteiger partial charge is 0.239 e. The normalized spacial score (nSPS) is 19.0. The lowest BCUT2D eigenvalue weighted by Gasteiger charge is -2.16. The predicted molar refractivity (Wildman–Crippen MR) is 79.3 cm³/mol. The van der Waals surface area contributed by atoms with Crippen LogP contribution in [0, 0.1) is 0 Å². The molecule has 1 aliphatic rings. The van der Waals surface area contributed by atoms with Crippen molar-refractivity contribution < 1.29 is 9.00 Å². The summed E-state index contributed by atoms with van der Waals surface area (Å²) in [6.45, 7) is 1.74. The van der Waals surface area contributed by atoms with Crippen molar-refractivity contribution in [3.05, 3.63) is 24.3 Å². The van der Waals surface area contributed by atoms with Gasteiger partial charge in [-0.15, -0.1) is 0 Å². The van der Waals surface area contributed by atoms with E-state index in [4.69, 9.17) is 5.73 Å². The molecule has 1 saturated carbocycles. The maximum Gasteiger partial charge on any atom is 0.239 e. The van der Waals surface area contributed by atoms with Crippen LogP contribution in [-0.4, -0.2) is 20.6 Å². The van der Waals surface area contributed by atoms with Crippen LogP contribution in [0.5, 0.6) is 0 Å². The van der Waals surface area contributed by atoms with Crippen LogP contribution in [-0.2, 0) is 15.6 Å². The lowest BCUT2D eigenvalue weighted by atomic mass is 10.3. The second-order valence-electron chi connectivity index (χ2n) is 4.99. The van der Waals surface area contributed by atoms with Crippen molar-refractivity contribution >= 4 is 28.1 Å². The molecular formula is C14H20N2O2S. The average molecular weight is 280 g/mol. The first-order chi connectivity index (χ1) is 9.08. The zero-order valence-electron chi connectivity index (χ0n) is 11.1. The fraction of sp³-hybridized carbons (Fsp3) is 0.500. The third-order valence-corrected chi connectivity index (χ3v) is 5.57. The molecular weight excluding hydrogens is 260 g/mol. The first kappa shape index (κ1) is 14.1. The van der Waals surface area contributed by atoms with E-state index in [1.165, 1.54) is 0 Å². The fourth-order valence-electron chi connectivity index (χ4n) is 2.33. The van der Waals surface area contributed by atoms with Crippen molar-refractivity contribution in [1.29, 1.82) is 0 Å². The van der Waals surface area contributed by atoms with E-state index < -0.39 is 16.0 Å². The molecule has 0 spiro atoms. The molecule has 104 valence electrons. The molecule has 0 saturated heterocycles. The van der Waals surface area contributed by atoms with E-state index in [2.05, 4.69) is 5.32 Å². The van der Waals surface area contributed by atoms with Crippen LogP contribution in [0.2, 0.25) is 0 Å². The number of anilines is 2. The Bertz CT molecular complexity index is 467. The number of hydrogen-bond donors (Lipinski definition) is 2. The van der Waals surface area contributed by atoms with Gasteiger partial charge in [0.1, 0.15) is 5.25 Å². The van der Waals surface area contributed by atoms with Crippen LogP contribution in [0.25, 0.3) is 0 Å². The number of rotatable bonds is 4. The van der Waals surface area contributed by atoms with Gasteiger partial charge in [-0.05, 0) is 44.0 Å². The molecule has 0 heterocycles. The summed E-state index contributed by atoms with van der Waals surface area (Å²) in [4.78, 5) is 12.1. The monoisotopic (exact) mass is 280 g/mol. The zero-order valence-corrected chi connectivity index (χ0v) is 11.9.